The minimum absolute atomic E-state index is 0.0107. The minimum atomic E-state index is -4.00. The Labute approximate surface area is 146 Å². The molecule has 1 aromatic rings. The van der Waals surface area contributed by atoms with Gasteiger partial charge in [0, 0.05) is 6.92 Å². The third kappa shape index (κ3) is 4.90. The molecule has 0 saturated heterocycles. The maximum absolute atomic E-state index is 12.3. The van der Waals surface area contributed by atoms with Gasteiger partial charge in [0.15, 0.2) is 12.2 Å². The van der Waals surface area contributed by atoms with Gasteiger partial charge in [0.25, 0.3) is 10.1 Å². The third-order valence-electron chi connectivity index (χ3n) is 3.73. The molecule has 2 rings (SSSR count). The number of benzene rings is 1. The average molecular weight is 368 g/mol. The lowest BCUT2D eigenvalue weighted by Crippen LogP contribution is -2.45. The molecule has 3 atom stereocenters. The zero-order valence-electron chi connectivity index (χ0n) is 14.2. The number of esters is 1. The predicted octanol–water partition coefficient (Wildman–Crippen LogP) is 1.75. The van der Waals surface area contributed by atoms with Crippen LogP contribution in [0.3, 0.4) is 0 Å². The highest BCUT2D eigenvalue weighted by molar-refractivity contribution is 7.86. The first-order valence-electron chi connectivity index (χ1n) is 7.66. The molecule has 0 aromatic heterocycles. The Morgan fingerprint density at radius 2 is 1.80 bits per heavy atom. The minimum Gasteiger partial charge on any atom is -0.492 e. The van der Waals surface area contributed by atoms with Crippen LogP contribution in [0.25, 0.3) is 0 Å². The summed E-state index contributed by atoms with van der Waals surface area (Å²) in [4.78, 5) is 23.1. The topological polar surface area (TPSA) is 96.0 Å². The van der Waals surface area contributed by atoms with E-state index in [1.54, 1.807) is 12.1 Å². The number of Topliss-reactive ketones (excluding diaryl/α,β-unsaturated/α-hetero) is 1. The molecule has 1 aromatic carbocycles. The molecule has 1 aliphatic heterocycles. The van der Waals surface area contributed by atoms with Crippen molar-refractivity contribution in [2.75, 3.05) is 6.61 Å². The summed E-state index contributed by atoms with van der Waals surface area (Å²) in [6.45, 7) is 4.02. The zero-order chi connectivity index (χ0) is 18.6. The number of hydrogen-bond donors (Lipinski definition) is 0. The van der Waals surface area contributed by atoms with Crippen molar-refractivity contribution in [3.05, 3.63) is 42.2 Å². The van der Waals surface area contributed by atoms with E-state index in [9.17, 15) is 18.0 Å². The first kappa shape index (κ1) is 19.1. The molecule has 0 spiro atoms. The van der Waals surface area contributed by atoms with Crippen molar-refractivity contribution in [2.24, 2.45) is 5.92 Å². The average Bonchev–Trinajstić information content (AvgIpc) is 2.53. The number of hydrogen-bond acceptors (Lipinski definition) is 7. The molecule has 7 nitrogen and oxygen atoms in total. The normalized spacial score (nSPS) is 22.9. The van der Waals surface area contributed by atoms with E-state index in [-0.39, 0.29) is 17.3 Å². The summed E-state index contributed by atoms with van der Waals surface area (Å²) in [5.74, 6) is -1.54. The van der Waals surface area contributed by atoms with E-state index in [2.05, 4.69) is 0 Å². The van der Waals surface area contributed by atoms with Gasteiger partial charge in [-0.15, -0.1) is 0 Å². The second-order valence-electron chi connectivity index (χ2n) is 5.77. The van der Waals surface area contributed by atoms with E-state index >= 15 is 0 Å². The van der Waals surface area contributed by atoms with Crippen molar-refractivity contribution >= 4 is 21.9 Å². The standard InChI is InChI=1S/C17H20O7S/c1-11-4-6-14(7-5-11)25(20,21)23-10-16-17(24-13(3)19)15(12(2)18)8-9-22-16/h4-9,15-17H,10H2,1-3H3/t15-,16+,17+/m0/s1. The Morgan fingerprint density at radius 1 is 1.16 bits per heavy atom. The fourth-order valence-electron chi connectivity index (χ4n) is 2.42. The number of ether oxygens (including phenoxy) is 2. The van der Waals surface area contributed by atoms with E-state index in [1.165, 1.54) is 38.3 Å². The lowest BCUT2D eigenvalue weighted by Gasteiger charge is -2.32. The van der Waals surface area contributed by atoms with Gasteiger partial charge >= 0.3 is 5.97 Å². The number of ketones is 1. The molecule has 136 valence electrons. The Hall–Kier alpha value is -2.19. The molecule has 0 radical (unpaired) electrons. The highest BCUT2D eigenvalue weighted by atomic mass is 32.2. The van der Waals surface area contributed by atoms with E-state index in [1.807, 2.05) is 6.92 Å². The van der Waals surface area contributed by atoms with Crippen LogP contribution < -0.4 is 0 Å². The molecule has 0 aliphatic carbocycles. The van der Waals surface area contributed by atoms with Crippen molar-refractivity contribution in [3.63, 3.8) is 0 Å². The second kappa shape index (κ2) is 7.79. The fourth-order valence-corrected chi connectivity index (χ4v) is 3.34. The molecular formula is C17H20O7S. The summed E-state index contributed by atoms with van der Waals surface area (Å²) in [6.07, 6.45) is 0.899. The highest BCUT2D eigenvalue weighted by Gasteiger charge is 2.38. The van der Waals surface area contributed by atoms with E-state index in [0.29, 0.717) is 0 Å². The summed E-state index contributed by atoms with van der Waals surface area (Å²) < 4.78 is 40.0. The summed E-state index contributed by atoms with van der Waals surface area (Å²) in [7, 11) is -4.00. The van der Waals surface area contributed by atoms with Crippen LogP contribution in [-0.4, -0.2) is 39.0 Å². The molecule has 8 heteroatoms. The molecule has 1 heterocycles. The predicted molar refractivity (Wildman–Crippen MR) is 88.1 cm³/mol. The van der Waals surface area contributed by atoms with E-state index in [0.717, 1.165) is 5.56 Å². The first-order valence-corrected chi connectivity index (χ1v) is 9.07. The Balaban J connectivity index is 2.14. The molecule has 0 saturated carbocycles. The summed E-state index contributed by atoms with van der Waals surface area (Å²) in [5, 5.41) is 0. The lowest BCUT2D eigenvalue weighted by atomic mass is 9.92. The fraction of sp³-hybridized carbons (Fsp3) is 0.412. The summed E-state index contributed by atoms with van der Waals surface area (Å²) in [6, 6.07) is 6.19. The lowest BCUT2D eigenvalue weighted by molar-refractivity contribution is -0.160. The van der Waals surface area contributed by atoms with Crippen LogP contribution in [0.2, 0.25) is 0 Å². The Bertz CT molecular complexity index is 765. The van der Waals surface area contributed by atoms with Crippen LogP contribution in [0.5, 0.6) is 0 Å². The van der Waals surface area contributed by atoms with Crippen LogP contribution in [0.1, 0.15) is 19.4 Å². The van der Waals surface area contributed by atoms with Gasteiger partial charge in [-0.25, -0.2) is 0 Å². The first-order chi connectivity index (χ1) is 11.7. The quantitative estimate of drug-likeness (QED) is 0.557. The molecule has 0 N–H and O–H groups in total. The maximum atomic E-state index is 12.3. The molecule has 0 amide bonds. The van der Waals surface area contributed by atoms with Crippen LogP contribution in [-0.2, 0) is 33.4 Å². The zero-order valence-corrected chi connectivity index (χ0v) is 15.0. The Kier molecular flexibility index (Phi) is 5.97. The number of rotatable bonds is 6. The van der Waals surface area contributed by atoms with Crippen molar-refractivity contribution in [1.82, 2.24) is 0 Å². The Morgan fingerprint density at radius 3 is 2.36 bits per heavy atom. The smallest absolute Gasteiger partial charge is 0.303 e. The molecule has 1 aliphatic rings. The summed E-state index contributed by atoms with van der Waals surface area (Å²) >= 11 is 0. The summed E-state index contributed by atoms with van der Waals surface area (Å²) in [5.41, 5.74) is 0.916. The van der Waals surface area contributed by atoms with Crippen LogP contribution in [0, 0.1) is 12.8 Å². The molecular weight excluding hydrogens is 348 g/mol. The highest BCUT2D eigenvalue weighted by Crippen LogP contribution is 2.24. The van der Waals surface area contributed by atoms with E-state index in [4.69, 9.17) is 13.7 Å². The second-order valence-corrected chi connectivity index (χ2v) is 7.38. The molecule has 0 unspecified atom stereocenters. The molecule has 25 heavy (non-hydrogen) atoms. The van der Waals surface area contributed by atoms with Crippen LogP contribution >= 0.6 is 0 Å². The number of aryl methyl sites for hydroxylation is 1. The van der Waals surface area contributed by atoms with E-state index < -0.39 is 34.2 Å². The van der Waals surface area contributed by atoms with Crippen molar-refractivity contribution in [2.45, 2.75) is 37.9 Å². The van der Waals surface area contributed by atoms with Gasteiger partial charge in [0.05, 0.1) is 17.1 Å². The van der Waals surface area contributed by atoms with Gasteiger partial charge < -0.3 is 9.47 Å². The van der Waals surface area contributed by atoms with Crippen molar-refractivity contribution in [3.8, 4) is 0 Å². The third-order valence-corrected chi connectivity index (χ3v) is 5.02. The van der Waals surface area contributed by atoms with Crippen LogP contribution in [0.15, 0.2) is 41.5 Å². The molecule has 0 fully saturated rings. The SMILES string of the molecule is CC(=O)O[C@H]1[C@@H](COS(=O)(=O)c2ccc(C)cc2)OC=C[C@H]1C(C)=O. The van der Waals surface area contributed by atoms with Crippen molar-refractivity contribution < 1.29 is 31.7 Å². The van der Waals surface area contributed by atoms with Crippen molar-refractivity contribution in [1.29, 1.82) is 0 Å². The maximum Gasteiger partial charge on any atom is 0.303 e. The number of carbonyl (C=O) groups is 2. The van der Waals surface area contributed by atoms with Gasteiger partial charge in [-0.1, -0.05) is 17.7 Å². The van der Waals surface area contributed by atoms with Gasteiger partial charge in [-0.05, 0) is 32.1 Å². The monoisotopic (exact) mass is 368 g/mol. The van der Waals surface area contributed by atoms with Gasteiger partial charge in [-0.3, -0.25) is 13.8 Å². The van der Waals surface area contributed by atoms with Gasteiger partial charge in [0.2, 0.25) is 0 Å². The van der Waals surface area contributed by atoms with Gasteiger partial charge in [0.1, 0.15) is 12.4 Å². The number of carbonyl (C=O) groups excluding carboxylic acids is 2. The van der Waals surface area contributed by atoms with Gasteiger partial charge in [-0.2, -0.15) is 8.42 Å². The van der Waals surface area contributed by atoms with Crippen LogP contribution in [0.4, 0.5) is 0 Å². The largest absolute Gasteiger partial charge is 0.492 e. The molecule has 0 bridgehead atoms.